The topological polar surface area (TPSA) is 92.6 Å². The Kier molecular flexibility index (Phi) is 7.12. The number of rotatable bonds is 10. The summed E-state index contributed by atoms with van der Waals surface area (Å²) in [5.74, 6) is 0.757. The molecule has 0 spiro atoms. The van der Waals surface area contributed by atoms with Gasteiger partial charge in [0.2, 0.25) is 10.0 Å². The van der Waals surface area contributed by atoms with Gasteiger partial charge in [0.1, 0.15) is 18.1 Å². The molecule has 0 fully saturated rings. The van der Waals surface area contributed by atoms with Crippen LogP contribution in [-0.4, -0.2) is 37.5 Å². The Bertz CT molecular complexity index is 1660. The molecule has 0 saturated heterocycles. The predicted molar refractivity (Wildman–Crippen MR) is 153 cm³/mol. The summed E-state index contributed by atoms with van der Waals surface area (Å²) < 4.78 is 33.6. The van der Waals surface area contributed by atoms with Crippen molar-refractivity contribution in [2.75, 3.05) is 24.1 Å². The monoisotopic (exact) mass is 529 g/mol. The van der Waals surface area contributed by atoms with Crippen molar-refractivity contribution in [3.63, 3.8) is 0 Å². The Morgan fingerprint density at radius 3 is 2.29 bits per heavy atom. The van der Waals surface area contributed by atoms with E-state index in [1.807, 2.05) is 12.1 Å². The van der Waals surface area contributed by atoms with Crippen LogP contribution in [-0.2, 0) is 22.3 Å². The average Bonchev–Trinajstić information content (AvgIpc) is 3.19. The van der Waals surface area contributed by atoms with Gasteiger partial charge < -0.3 is 14.4 Å². The Morgan fingerprint density at radius 1 is 0.868 bits per heavy atom. The van der Waals surface area contributed by atoms with E-state index in [1.54, 1.807) is 31.2 Å². The highest BCUT2D eigenvalue weighted by Gasteiger charge is 2.22. The van der Waals surface area contributed by atoms with Gasteiger partial charge in [0.25, 0.3) is 0 Å². The highest BCUT2D eigenvalue weighted by molar-refractivity contribution is 7.92. The van der Waals surface area contributed by atoms with Gasteiger partial charge in [-0.25, -0.2) is 8.42 Å². The van der Waals surface area contributed by atoms with Crippen molar-refractivity contribution in [2.24, 2.45) is 0 Å². The number of nitrogens with one attached hydrogen (secondary N) is 2. The van der Waals surface area contributed by atoms with Crippen LogP contribution in [0.25, 0.3) is 21.8 Å². The minimum absolute atomic E-state index is 0.355. The van der Waals surface area contributed by atoms with Gasteiger partial charge in [-0.05, 0) is 48.4 Å². The van der Waals surface area contributed by atoms with Gasteiger partial charge in [-0.15, -0.1) is 0 Å². The van der Waals surface area contributed by atoms with Crippen LogP contribution in [0.15, 0.2) is 97.1 Å². The van der Waals surface area contributed by atoms with Crippen LogP contribution in [0.1, 0.15) is 18.1 Å². The quantitative estimate of drug-likeness (QED) is 0.174. The van der Waals surface area contributed by atoms with Gasteiger partial charge in [-0.1, -0.05) is 60.7 Å². The standard InChI is InChI=1S/C30H31N3O4S/c1-30(34,23-12-14-24(15-13-23)32-38(2,35)36)31-18-19-37-25-16-17-27-26-10-6-7-11-28(26)33(29(27)20-25)21-22-8-4-3-5-9-22/h3-17,20,31-32,34H,18-19,21H2,1-2H3/t30-/m1/s1. The molecule has 7 nitrogen and oxygen atoms in total. The summed E-state index contributed by atoms with van der Waals surface area (Å²) in [4.78, 5) is 0. The Labute approximate surface area is 222 Å². The van der Waals surface area contributed by atoms with Gasteiger partial charge in [0.15, 0.2) is 0 Å². The third kappa shape index (κ3) is 5.83. The highest BCUT2D eigenvalue weighted by Crippen LogP contribution is 2.32. The molecule has 5 aromatic rings. The molecule has 0 aliphatic rings. The molecule has 0 aliphatic heterocycles. The van der Waals surface area contributed by atoms with E-state index in [2.05, 4.69) is 75.3 Å². The molecule has 0 bridgehead atoms. The number of sulfonamides is 1. The van der Waals surface area contributed by atoms with Gasteiger partial charge in [-0.2, -0.15) is 0 Å². The molecule has 0 amide bonds. The maximum atomic E-state index is 11.4. The van der Waals surface area contributed by atoms with E-state index >= 15 is 0 Å². The summed E-state index contributed by atoms with van der Waals surface area (Å²) in [5.41, 5.74) is 3.26. The maximum absolute atomic E-state index is 11.4. The van der Waals surface area contributed by atoms with Crippen LogP contribution in [0.4, 0.5) is 5.69 Å². The first-order valence-corrected chi connectivity index (χ1v) is 14.3. The van der Waals surface area contributed by atoms with Crippen LogP contribution >= 0.6 is 0 Å². The molecule has 0 unspecified atom stereocenters. The molecule has 1 aromatic heterocycles. The van der Waals surface area contributed by atoms with Gasteiger partial charge in [0.05, 0.1) is 11.8 Å². The number of nitrogens with zero attached hydrogens (tertiary/aromatic N) is 1. The van der Waals surface area contributed by atoms with E-state index in [0.717, 1.165) is 24.1 Å². The second kappa shape index (κ2) is 10.5. The van der Waals surface area contributed by atoms with E-state index in [-0.39, 0.29) is 0 Å². The summed E-state index contributed by atoms with van der Waals surface area (Å²) >= 11 is 0. The first-order chi connectivity index (χ1) is 18.2. The lowest BCUT2D eigenvalue weighted by Gasteiger charge is -2.25. The summed E-state index contributed by atoms with van der Waals surface area (Å²) in [6, 6.07) is 31.6. The molecule has 3 N–H and O–H groups in total. The summed E-state index contributed by atoms with van der Waals surface area (Å²) in [6.07, 6.45) is 1.10. The minimum Gasteiger partial charge on any atom is -0.492 e. The Hall–Kier alpha value is -3.85. The van der Waals surface area contributed by atoms with Crippen molar-refractivity contribution >= 4 is 37.5 Å². The van der Waals surface area contributed by atoms with E-state index < -0.39 is 15.7 Å². The van der Waals surface area contributed by atoms with Crippen molar-refractivity contribution in [3.05, 3.63) is 108 Å². The number of ether oxygens (including phenoxy) is 1. The fraction of sp³-hybridized carbons (Fsp3) is 0.200. The number of benzene rings is 4. The van der Waals surface area contributed by atoms with Crippen LogP contribution in [0.5, 0.6) is 5.75 Å². The summed E-state index contributed by atoms with van der Waals surface area (Å²) in [5, 5.41) is 16.4. The number of hydrogen-bond donors (Lipinski definition) is 3. The smallest absolute Gasteiger partial charge is 0.229 e. The fourth-order valence-corrected chi connectivity index (χ4v) is 5.26. The third-order valence-electron chi connectivity index (χ3n) is 6.52. The first kappa shape index (κ1) is 25.8. The van der Waals surface area contributed by atoms with Crippen LogP contribution in [0.3, 0.4) is 0 Å². The van der Waals surface area contributed by atoms with Crippen LogP contribution in [0, 0.1) is 0 Å². The second-order valence-electron chi connectivity index (χ2n) is 9.57. The fourth-order valence-electron chi connectivity index (χ4n) is 4.70. The number of hydrogen-bond acceptors (Lipinski definition) is 5. The molecule has 0 aliphatic carbocycles. The molecule has 8 heteroatoms. The van der Waals surface area contributed by atoms with Crippen LogP contribution in [0.2, 0.25) is 0 Å². The average molecular weight is 530 g/mol. The van der Waals surface area contributed by atoms with Crippen molar-refractivity contribution < 1.29 is 18.3 Å². The predicted octanol–water partition coefficient (Wildman–Crippen LogP) is 5.05. The Morgan fingerprint density at radius 2 is 1.55 bits per heavy atom. The number of anilines is 1. The highest BCUT2D eigenvalue weighted by atomic mass is 32.2. The number of aliphatic hydroxyl groups is 1. The van der Waals surface area contributed by atoms with Gasteiger partial charge in [-0.3, -0.25) is 10.0 Å². The molecule has 4 aromatic carbocycles. The maximum Gasteiger partial charge on any atom is 0.229 e. The van der Waals surface area contributed by atoms with Gasteiger partial charge in [0, 0.05) is 41.1 Å². The molecule has 5 rings (SSSR count). The van der Waals surface area contributed by atoms with Crippen molar-refractivity contribution in [3.8, 4) is 5.75 Å². The zero-order valence-electron chi connectivity index (χ0n) is 21.4. The van der Waals surface area contributed by atoms with Crippen molar-refractivity contribution in [2.45, 2.75) is 19.2 Å². The van der Waals surface area contributed by atoms with E-state index in [1.165, 1.54) is 21.9 Å². The zero-order valence-corrected chi connectivity index (χ0v) is 22.2. The zero-order chi connectivity index (χ0) is 26.8. The third-order valence-corrected chi connectivity index (χ3v) is 7.13. The largest absolute Gasteiger partial charge is 0.492 e. The second-order valence-corrected chi connectivity index (χ2v) is 11.3. The Balaban J connectivity index is 1.28. The van der Waals surface area contributed by atoms with E-state index in [9.17, 15) is 13.5 Å². The molecule has 0 radical (unpaired) electrons. The molecule has 1 atom stereocenters. The number of para-hydroxylation sites is 1. The first-order valence-electron chi connectivity index (χ1n) is 12.4. The van der Waals surface area contributed by atoms with Crippen LogP contribution < -0.4 is 14.8 Å². The lowest BCUT2D eigenvalue weighted by atomic mass is 10.0. The lowest BCUT2D eigenvalue weighted by molar-refractivity contribution is 0.0169. The number of fused-ring (bicyclic) bond motifs is 3. The van der Waals surface area contributed by atoms with E-state index in [0.29, 0.717) is 24.4 Å². The molecule has 38 heavy (non-hydrogen) atoms. The molecular weight excluding hydrogens is 498 g/mol. The van der Waals surface area contributed by atoms with Gasteiger partial charge >= 0.3 is 0 Å². The van der Waals surface area contributed by atoms with Crippen molar-refractivity contribution in [1.82, 2.24) is 9.88 Å². The lowest BCUT2D eigenvalue weighted by Crippen LogP contribution is -2.41. The summed E-state index contributed by atoms with van der Waals surface area (Å²) in [7, 11) is -3.36. The van der Waals surface area contributed by atoms with E-state index in [4.69, 9.17) is 4.74 Å². The molecule has 0 saturated carbocycles. The minimum atomic E-state index is -3.36. The molecule has 196 valence electrons. The molecular formula is C30H31N3O4S. The SMILES string of the molecule is C[C@](O)(NCCOc1ccc2c3ccccc3n(Cc3ccccc3)c2c1)c1ccc(NS(C)(=O)=O)cc1. The molecule has 1 heterocycles. The van der Waals surface area contributed by atoms with Crippen molar-refractivity contribution in [1.29, 1.82) is 0 Å². The summed E-state index contributed by atoms with van der Waals surface area (Å²) in [6.45, 7) is 3.17. The normalized spacial score (nSPS) is 13.4. The number of aromatic nitrogens is 1.